The Hall–Kier alpha value is -2.94. The Kier molecular flexibility index (Phi) is 7.11. The predicted molar refractivity (Wildman–Crippen MR) is 117 cm³/mol. The maximum Gasteiger partial charge on any atom is 0.421 e. The van der Waals surface area contributed by atoms with E-state index in [-0.39, 0.29) is 34.7 Å². The highest BCUT2D eigenvalue weighted by Gasteiger charge is 2.51. The smallest absolute Gasteiger partial charge is 0.376 e. The highest BCUT2D eigenvalue weighted by Crippen LogP contribution is 2.39. The van der Waals surface area contributed by atoms with E-state index in [0.717, 1.165) is 43.4 Å². The van der Waals surface area contributed by atoms with E-state index in [2.05, 4.69) is 4.98 Å². The molecular formula is C24H28F3N3O3. The van der Waals surface area contributed by atoms with Gasteiger partial charge in [0, 0.05) is 24.3 Å². The lowest BCUT2D eigenvalue weighted by atomic mass is 9.80. The molecule has 33 heavy (non-hydrogen) atoms. The van der Waals surface area contributed by atoms with Crippen LogP contribution in [0.3, 0.4) is 0 Å². The number of benzene rings is 1. The van der Waals surface area contributed by atoms with Gasteiger partial charge in [-0.25, -0.2) is 0 Å². The Morgan fingerprint density at radius 3 is 2.24 bits per heavy atom. The molecule has 178 valence electrons. The minimum Gasteiger partial charge on any atom is -0.376 e. The summed E-state index contributed by atoms with van der Waals surface area (Å²) in [4.78, 5) is 30.6. The number of carbonyl (C=O) groups is 2. The van der Waals surface area contributed by atoms with Gasteiger partial charge < -0.3 is 15.7 Å². The van der Waals surface area contributed by atoms with Crippen LogP contribution < -0.4 is 5.73 Å². The molecule has 1 saturated carbocycles. The summed E-state index contributed by atoms with van der Waals surface area (Å²) < 4.78 is 39.2. The number of nitrogens with zero attached hydrogens (tertiary/aromatic N) is 2. The van der Waals surface area contributed by atoms with E-state index in [4.69, 9.17) is 5.73 Å². The van der Waals surface area contributed by atoms with Crippen LogP contribution in [0.4, 0.5) is 13.2 Å². The van der Waals surface area contributed by atoms with Gasteiger partial charge in [0.05, 0.1) is 0 Å². The summed E-state index contributed by atoms with van der Waals surface area (Å²) in [6.07, 6.45) is -0.334. The summed E-state index contributed by atoms with van der Waals surface area (Å²) in [5.41, 5.74) is 3.51. The summed E-state index contributed by atoms with van der Waals surface area (Å²) >= 11 is 0. The normalized spacial score (nSPS) is 20.7. The topological polar surface area (TPSA) is 96.5 Å². The monoisotopic (exact) mass is 463 g/mol. The molecule has 1 aliphatic rings. The minimum atomic E-state index is -4.82. The van der Waals surface area contributed by atoms with Crippen LogP contribution in [0.25, 0.3) is 0 Å². The molecule has 3 N–H and O–H groups in total. The summed E-state index contributed by atoms with van der Waals surface area (Å²) in [7, 11) is 0. The van der Waals surface area contributed by atoms with Crippen molar-refractivity contribution in [2.75, 3.05) is 6.54 Å². The number of carbonyl (C=O) groups excluding carboxylic acids is 2. The highest BCUT2D eigenvalue weighted by molar-refractivity contribution is 5.94. The molecule has 1 heterocycles. The zero-order valence-corrected chi connectivity index (χ0v) is 18.6. The van der Waals surface area contributed by atoms with E-state index in [1.165, 1.54) is 18.3 Å². The second kappa shape index (κ2) is 9.51. The average molecular weight is 464 g/mol. The summed E-state index contributed by atoms with van der Waals surface area (Å²) in [6.45, 7) is 3.00. The average Bonchev–Trinajstić information content (AvgIpc) is 2.79. The molecule has 6 nitrogen and oxygen atoms in total. The standard InChI is InChI=1S/C24H28F3N3O3/c1-3-30(22(32)16-6-10-17(11-7-16)23(2,33)24(25,26)27)18-12-8-15(9-13-18)19-5-4-14-29-20(19)21(28)31/h4-7,10-11,14-15,18,33H,3,8-9,12-13H2,1-2H3,(H2,28,31)/t15?,18?,23-/m0/s1. The first kappa shape index (κ1) is 24.7. The largest absolute Gasteiger partial charge is 0.421 e. The number of nitrogens with two attached hydrogens (primary N) is 1. The Morgan fingerprint density at radius 1 is 1.12 bits per heavy atom. The van der Waals surface area contributed by atoms with Crippen LogP contribution in [0, 0.1) is 0 Å². The highest BCUT2D eigenvalue weighted by atomic mass is 19.4. The molecule has 1 atom stereocenters. The molecule has 0 unspecified atom stereocenters. The van der Waals surface area contributed by atoms with Gasteiger partial charge >= 0.3 is 6.18 Å². The van der Waals surface area contributed by atoms with Crippen molar-refractivity contribution in [3.8, 4) is 0 Å². The second-order valence-electron chi connectivity index (χ2n) is 8.55. The number of alkyl halides is 3. The van der Waals surface area contributed by atoms with E-state index in [1.807, 2.05) is 13.0 Å². The van der Waals surface area contributed by atoms with Gasteiger partial charge in [-0.2, -0.15) is 13.2 Å². The molecule has 3 rings (SSSR count). The van der Waals surface area contributed by atoms with Crippen LogP contribution >= 0.6 is 0 Å². The van der Waals surface area contributed by atoms with Crippen LogP contribution in [0.5, 0.6) is 0 Å². The van der Waals surface area contributed by atoms with Gasteiger partial charge in [-0.3, -0.25) is 14.6 Å². The molecule has 1 aliphatic carbocycles. The SMILES string of the molecule is CCN(C(=O)c1ccc([C@](C)(O)C(F)(F)F)cc1)C1CCC(c2cccnc2C(N)=O)CC1. The lowest BCUT2D eigenvalue weighted by Gasteiger charge is -2.37. The summed E-state index contributed by atoms with van der Waals surface area (Å²) in [5, 5.41) is 9.83. The fourth-order valence-electron chi connectivity index (χ4n) is 4.49. The molecule has 0 spiro atoms. The van der Waals surface area contributed by atoms with Crippen LogP contribution in [-0.2, 0) is 5.60 Å². The predicted octanol–water partition coefficient (Wildman–Crippen LogP) is 4.14. The third-order valence-electron chi connectivity index (χ3n) is 6.50. The molecule has 1 aromatic heterocycles. The number of aromatic nitrogens is 1. The number of hydrogen-bond acceptors (Lipinski definition) is 4. The first-order chi connectivity index (χ1) is 15.5. The van der Waals surface area contributed by atoms with Gasteiger partial charge in [0.15, 0.2) is 5.60 Å². The molecule has 2 amide bonds. The number of rotatable bonds is 6. The van der Waals surface area contributed by atoms with E-state index in [0.29, 0.717) is 13.5 Å². The Balaban J connectivity index is 1.71. The van der Waals surface area contributed by atoms with Crippen molar-refractivity contribution >= 4 is 11.8 Å². The molecule has 0 saturated heterocycles. The number of pyridine rings is 1. The lowest BCUT2D eigenvalue weighted by molar-refractivity contribution is -0.258. The van der Waals surface area contributed by atoms with E-state index >= 15 is 0 Å². The van der Waals surface area contributed by atoms with Crippen molar-refractivity contribution in [1.29, 1.82) is 0 Å². The molecular weight excluding hydrogens is 435 g/mol. The second-order valence-corrected chi connectivity index (χ2v) is 8.55. The van der Waals surface area contributed by atoms with E-state index in [9.17, 15) is 27.9 Å². The first-order valence-electron chi connectivity index (χ1n) is 10.9. The molecule has 2 aromatic rings. The number of hydrogen-bond donors (Lipinski definition) is 2. The number of primary amides is 1. The Labute approximate surface area is 190 Å². The van der Waals surface area contributed by atoms with Crippen LogP contribution in [0.1, 0.15) is 77.4 Å². The Bertz CT molecular complexity index is 998. The number of halogens is 3. The summed E-state index contributed by atoms with van der Waals surface area (Å²) in [5.74, 6) is -0.709. The van der Waals surface area contributed by atoms with E-state index in [1.54, 1.807) is 11.0 Å². The fourth-order valence-corrected chi connectivity index (χ4v) is 4.49. The van der Waals surface area contributed by atoms with Crippen molar-refractivity contribution in [1.82, 2.24) is 9.88 Å². The van der Waals surface area contributed by atoms with Crippen molar-refractivity contribution in [3.63, 3.8) is 0 Å². The maximum absolute atomic E-state index is 13.1. The zero-order valence-electron chi connectivity index (χ0n) is 18.6. The van der Waals surface area contributed by atoms with Crippen LogP contribution in [0.15, 0.2) is 42.6 Å². The van der Waals surface area contributed by atoms with Gasteiger partial charge in [0.2, 0.25) is 0 Å². The van der Waals surface area contributed by atoms with Crippen LogP contribution in [-0.4, -0.2) is 45.6 Å². The van der Waals surface area contributed by atoms with Crippen LogP contribution in [0.2, 0.25) is 0 Å². The van der Waals surface area contributed by atoms with Gasteiger partial charge in [0.1, 0.15) is 5.69 Å². The van der Waals surface area contributed by atoms with E-state index < -0.39 is 17.7 Å². The first-order valence-corrected chi connectivity index (χ1v) is 10.9. The van der Waals surface area contributed by atoms with Gasteiger partial charge in [-0.1, -0.05) is 18.2 Å². The van der Waals surface area contributed by atoms with Crippen molar-refractivity contribution in [2.45, 2.75) is 63.3 Å². The molecule has 1 aromatic carbocycles. The molecule has 0 radical (unpaired) electrons. The molecule has 0 aliphatic heterocycles. The third kappa shape index (κ3) is 5.03. The third-order valence-corrected chi connectivity index (χ3v) is 6.50. The van der Waals surface area contributed by atoms with Gasteiger partial charge in [0.25, 0.3) is 11.8 Å². The number of amides is 2. The lowest BCUT2D eigenvalue weighted by Crippen LogP contribution is -2.42. The van der Waals surface area contributed by atoms with Crippen molar-refractivity contribution in [2.24, 2.45) is 5.73 Å². The van der Waals surface area contributed by atoms with Gasteiger partial charge in [-0.05, 0) is 74.8 Å². The van der Waals surface area contributed by atoms with Crippen molar-refractivity contribution < 1.29 is 27.9 Å². The maximum atomic E-state index is 13.1. The molecule has 1 fully saturated rings. The quantitative estimate of drug-likeness (QED) is 0.673. The van der Waals surface area contributed by atoms with Crippen molar-refractivity contribution in [3.05, 3.63) is 65.0 Å². The minimum absolute atomic E-state index is 0.0228. The fraction of sp³-hybridized carbons (Fsp3) is 0.458. The zero-order chi connectivity index (χ0) is 24.4. The molecule has 0 bridgehead atoms. The Morgan fingerprint density at radius 2 is 1.73 bits per heavy atom. The summed E-state index contributed by atoms with van der Waals surface area (Å²) in [6, 6.07) is 8.53. The van der Waals surface area contributed by atoms with Gasteiger partial charge in [-0.15, -0.1) is 0 Å². The molecule has 9 heteroatoms. The number of aliphatic hydroxyl groups is 1.